The topological polar surface area (TPSA) is 100 Å². The van der Waals surface area contributed by atoms with Crippen LogP contribution < -0.4 is 10.1 Å². The summed E-state index contributed by atoms with van der Waals surface area (Å²) >= 11 is 0. The van der Waals surface area contributed by atoms with Crippen LogP contribution in [0.25, 0.3) is 0 Å². The van der Waals surface area contributed by atoms with Crippen LogP contribution in [0.15, 0.2) is 46.3 Å². The largest absolute Gasteiger partial charge is 0.497 e. The van der Waals surface area contributed by atoms with Crippen molar-refractivity contribution < 1.29 is 23.0 Å². The molecule has 1 unspecified atom stereocenters. The standard InChI is InChI=1S/C25H35N3O5S/c1-18-14-22(32-4)15-19(2)24(18)34(30,31)13-5-12-33-17-23(29)28(3)16-20-6-8-21(9-7-20)25-26-10-11-27-25/h6-9,14-15,23,29H,5,10-13,16-17H2,1-4H3,(H,26,27). The minimum Gasteiger partial charge on any atom is -0.497 e. The molecule has 0 fully saturated rings. The van der Waals surface area contributed by atoms with Crippen LogP contribution in [0.5, 0.6) is 5.75 Å². The summed E-state index contributed by atoms with van der Waals surface area (Å²) in [6, 6.07) is 11.6. The number of rotatable bonds is 12. The van der Waals surface area contributed by atoms with Crippen molar-refractivity contribution in [3.05, 3.63) is 58.7 Å². The van der Waals surface area contributed by atoms with Gasteiger partial charge in [0.25, 0.3) is 0 Å². The number of ether oxygens (including phenoxy) is 2. The number of hydrogen-bond acceptors (Lipinski definition) is 8. The van der Waals surface area contributed by atoms with Crippen molar-refractivity contribution in [1.82, 2.24) is 10.2 Å². The molecule has 0 amide bonds. The summed E-state index contributed by atoms with van der Waals surface area (Å²) in [4.78, 5) is 6.57. The van der Waals surface area contributed by atoms with Crippen molar-refractivity contribution in [2.24, 2.45) is 4.99 Å². The first-order valence-corrected chi connectivity index (χ1v) is 13.1. The second-order valence-electron chi connectivity index (χ2n) is 8.59. The number of likely N-dealkylation sites (N-methyl/N-ethyl adjacent to an activating group) is 1. The molecule has 1 aliphatic heterocycles. The van der Waals surface area contributed by atoms with Crippen LogP contribution in [0.3, 0.4) is 0 Å². The van der Waals surface area contributed by atoms with Crippen LogP contribution in [0, 0.1) is 13.8 Å². The van der Waals surface area contributed by atoms with Crippen molar-refractivity contribution in [2.45, 2.75) is 37.9 Å². The number of benzene rings is 2. The number of nitrogens with one attached hydrogen (secondary N) is 1. The molecule has 0 spiro atoms. The lowest BCUT2D eigenvalue weighted by atomic mass is 10.1. The Kier molecular flexibility index (Phi) is 9.07. The SMILES string of the molecule is COc1cc(C)c(S(=O)(=O)CCCOCC(O)N(C)Cc2ccc(C3=NCCN3)cc2)c(C)c1. The molecule has 2 aromatic carbocycles. The Morgan fingerprint density at radius 1 is 1.18 bits per heavy atom. The van der Waals surface area contributed by atoms with Crippen molar-refractivity contribution in [3.8, 4) is 5.75 Å². The van der Waals surface area contributed by atoms with Gasteiger partial charge < -0.3 is 19.9 Å². The average molecular weight is 490 g/mol. The Hall–Kier alpha value is -2.46. The fourth-order valence-corrected chi connectivity index (χ4v) is 5.84. The fraction of sp³-hybridized carbons (Fsp3) is 0.480. The molecule has 1 aliphatic rings. The van der Waals surface area contributed by atoms with Crippen LogP contribution in [-0.2, 0) is 21.1 Å². The number of aliphatic hydroxyl groups excluding tert-OH is 1. The van der Waals surface area contributed by atoms with E-state index >= 15 is 0 Å². The van der Waals surface area contributed by atoms with Gasteiger partial charge in [0.05, 0.1) is 30.9 Å². The predicted octanol–water partition coefficient (Wildman–Crippen LogP) is 2.29. The van der Waals surface area contributed by atoms with Gasteiger partial charge in [-0.1, -0.05) is 24.3 Å². The average Bonchev–Trinajstić information content (AvgIpc) is 3.33. The van der Waals surface area contributed by atoms with Crippen LogP contribution >= 0.6 is 0 Å². The van der Waals surface area contributed by atoms with E-state index in [2.05, 4.69) is 10.3 Å². The van der Waals surface area contributed by atoms with E-state index in [9.17, 15) is 13.5 Å². The maximum absolute atomic E-state index is 12.8. The smallest absolute Gasteiger partial charge is 0.178 e. The van der Waals surface area contributed by atoms with E-state index in [1.165, 1.54) is 0 Å². The first kappa shape index (κ1) is 26.2. The van der Waals surface area contributed by atoms with Gasteiger partial charge in [0.2, 0.25) is 0 Å². The lowest BCUT2D eigenvalue weighted by Gasteiger charge is -2.23. The van der Waals surface area contributed by atoms with Crippen LogP contribution in [0.2, 0.25) is 0 Å². The Balaban J connectivity index is 1.42. The first-order chi connectivity index (χ1) is 16.2. The van der Waals surface area contributed by atoms with Gasteiger partial charge in [0, 0.05) is 25.3 Å². The van der Waals surface area contributed by atoms with Gasteiger partial charge in [-0.2, -0.15) is 0 Å². The number of methoxy groups -OCH3 is 1. The van der Waals surface area contributed by atoms with Gasteiger partial charge >= 0.3 is 0 Å². The molecule has 0 saturated heterocycles. The van der Waals surface area contributed by atoms with Gasteiger partial charge in [0.1, 0.15) is 17.8 Å². The summed E-state index contributed by atoms with van der Waals surface area (Å²) in [6.45, 7) is 6.15. The molecule has 8 nitrogen and oxygen atoms in total. The van der Waals surface area contributed by atoms with Crippen LogP contribution in [0.1, 0.15) is 28.7 Å². The number of aryl methyl sites for hydroxylation is 2. The highest BCUT2D eigenvalue weighted by molar-refractivity contribution is 7.91. The molecule has 0 saturated carbocycles. The monoisotopic (exact) mass is 489 g/mol. The maximum atomic E-state index is 12.8. The quantitative estimate of drug-likeness (QED) is 0.349. The van der Waals surface area contributed by atoms with Crippen molar-refractivity contribution in [3.63, 3.8) is 0 Å². The third-order valence-corrected chi connectivity index (χ3v) is 7.88. The van der Waals surface area contributed by atoms with Gasteiger partial charge in [0.15, 0.2) is 9.84 Å². The molecule has 0 aliphatic carbocycles. The number of amidine groups is 1. The molecule has 2 N–H and O–H groups in total. The number of sulfone groups is 1. The molecule has 3 rings (SSSR count). The Morgan fingerprint density at radius 3 is 2.44 bits per heavy atom. The molecule has 9 heteroatoms. The Labute approximate surface area is 202 Å². The molecule has 186 valence electrons. The van der Waals surface area contributed by atoms with Crippen molar-refractivity contribution in [2.75, 3.05) is 46.2 Å². The minimum absolute atomic E-state index is 0.0144. The molecule has 0 aromatic heterocycles. The lowest BCUT2D eigenvalue weighted by Crippen LogP contribution is -2.35. The Bertz CT molecular complexity index is 1080. The van der Waals surface area contributed by atoms with Crippen LogP contribution in [-0.4, -0.2) is 76.7 Å². The Morgan fingerprint density at radius 2 is 1.85 bits per heavy atom. The second kappa shape index (κ2) is 11.8. The molecular weight excluding hydrogens is 454 g/mol. The van der Waals surface area contributed by atoms with Gasteiger partial charge in [-0.15, -0.1) is 0 Å². The molecule has 1 atom stereocenters. The lowest BCUT2D eigenvalue weighted by molar-refractivity contribution is -0.0504. The highest BCUT2D eigenvalue weighted by Crippen LogP contribution is 2.26. The molecule has 1 heterocycles. The molecule has 2 aromatic rings. The summed E-state index contributed by atoms with van der Waals surface area (Å²) in [5.74, 6) is 1.55. The zero-order valence-corrected chi connectivity index (χ0v) is 21.2. The third kappa shape index (κ3) is 6.79. The number of aliphatic imine (C=N–C) groups is 1. The number of hydrogen-bond donors (Lipinski definition) is 2. The van der Waals surface area contributed by atoms with Crippen molar-refractivity contribution >= 4 is 15.7 Å². The van der Waals surface area contributed by atoms with Gasteiger partial charge in [-0.25, -0.2) is 8.42 Å². The second-order valence-corrected chi connectivity index (χ2v) is 10.6. The van der Waals surface area contributed by atoms with E-state index in [4.69, 9.17) is 9.47 Å². The maximum Gasteiger partial charge on any atom is 0.178 e. The zero-order valence-electron chi connectivity index (χ0n) is 20.4. The van der Waals surface area contributed by atoms with E-state index < -0.39 is 16.1 Å². The normalized spacial score (nSPS) is 14.7. The predicted molar refractivity (Wildman–Crippen MR) is 133 cm³/mol. The van der Waals surface area contributed by atoms with E-state index in [0.29, 0.717) is 34.7 Å². The van der Waals surface area contributed by atoms with Crippen molar-refractivity contribution in [1.29, 1.82) is 0 Å². The third-order valence-electron chi connectivity index (χ3n) is 5.79. The molecule has 0 bridgehead atoms. The highest BCUT2D eigenvalue weighted by Gasteiger charge is 2.20. The molecule has 34 heavy (non-hydrogen) atoms. The summed E-state index contributed by atoms with van der Waals surface area (Å²) in [7, 11) is -0.0505. The number of aliphatic hydroxyl groups is 1. The summed E-state index contributed by atoms with van der Waals surface area (Å²) in [5, 5.41) is 13.7. The summed E-state index contributed by atoms with van der Waals surface area (Å²) < 4.78 is 36.4. The molecule has 0 radical (unpaired) electrons. The highest BCUT2D eigenvalue weighted by atomic mass is 32.2. The number of nitrogens with zero attached hydrogens (tertiary/aromatic N) is 2. The van der Waals surface area contributed by atoms with E-state index in [-0.39, 0.29) is 19.0 Å². The fourth-order valence-electron chi connectivity index (χ4n) is 4.04. The van der Waals surface area contributed by atoms with E-state index in [1.807, 2.05) is 31.3 Å². The summed E-state index contributed by atoms with van der Waals surface area (Å²) in [6.07, 6.45) is -0.438. The minimum atomic E-state index is -3.44. The van der Waals surface area contributed by atoms with E-state index in [0.717, 1.165) is 30.1 Å². The first-order valence-electron chi connectivity index (χ1n) is 11.4. The van der Waals surface area contributed by atoms with E-state index in [1.54, 1.807) is 38.0 Å². The summed E-state index contributed by atoms with van der Waals surface area (Å²) in [5.41, 5.74) is 3.48. The van der Waals surface area contributed by atoms with Gasteiger partial charge in [-0.3, -0.25) is 9.89 Å². The van der Waals surface area contributed by atoms with Gasteiger partial charge in [-0.05, 0) is 56.1 Å². The zero-order chi connectivity index (χ0) is 24.7. The molecular formula is C25H35N3O5S. The van der Waals surface area contributed by atoms with Crippen LogP contribution in [0.4, 0.5) is 0 Å².